The van der Waals surface area contributed by atoms with Gasteiger partial charge in [0.25, 0.3) is 5.91 Å². The molecule has 0 unspecified atom stereocenters. The van der Waals surface area contributed by atoms with Crippen molar-refractivity contribution in [2.24, 2.45) is 0 Å². The van der Waals surface area contributed by atoms with Crippen LogP contribution in [0.4, 0.5) is 14.5 Å². The molecular weight excluding hydrogens is 346 g/mol. The summed E-state index contributed by atoms with van der Waals surface area (Å²) >= 11 is 2.95. The van der Waals surface area contributed by atoms with Crippen molar-refractivity contribution in [1.82, 2.24) is 4.98 Å². The molecule has 2 rings (SSSR count). The van der Waals surface area contributed by atoms with E-state index in [0.29, 0.717) is 6.61 Å². The number of hydrogen-bond donors (Lipinski definition) is 1. The lowest BCUT2D eigenvalue weighted by atomic mass is 10.2. The van der Waals surface area contributed by atoms with Crippen LogP contribution in [0.25, 0.3) is 0 Å². The number of carbonyl (C=O) groups excluding carboxylic acids is 1. The molecule has 0 radical (unpaired) electrons. The number of rotatable bonds is 4. The molecule has 2 aromatic rings. The molecule has 0 saturated heterocycles. The van der Waals surface area contributed by atoms with Gasteiger partial charge in [0.1, 0.15) is 22.9 Å². The van der Waals surface area contributed by atoms with Gasteiger partial charge in [0, 0.05) is 10.7 Å². The van der Waals surface area contributed by atoms with Crippen molar-refractivity contribution in [3.8, 4) is 5.88 Å². The van der Waals surface area contributed by atoms with Gasteiger partial charge in [0.2, 0.25) is 5.88 Å². The second-order valence-corrected chi connectivity index (χ2v) is 4.90. The maximum atomic E-state index is 13.7. The predicted octanol–water partition coefficient (Wildman–Crippen LogP) is 3.77. The highest BCUT2D eigenvalue weighted by Gasteiger charge is 2.19. The minimum Gasteiger partial charge on any atom is -0.476 e. The van der Waals surface area contributed by atoms with Crippen LogP contribution < -0.4 is 10.1 Å². The molecule has 110 valence electrons. The van der Waals surface area contributed by atoms with Gasteiger partial charge >= 0.3 is 0 Å². The molecule has 7 heteroatoms. The molecule has 1 amide bonds. The number of halogens is 3. The number of nitrogens with one attached hydrogen (secondary N) is 1. The Morgan fingerprint density at radius 2 is 2.05 bits per heavy atom. The van der Waals surface area contributed by atoms with Crippen molar-refractivity contribution in [2.75, 3.05) is 11.9 Å². The lowest BCUT2D eigenvalue weighted by Gasteiger charge is -2.11. The summed E-state index contributed by atoms with van der Waals surface area (Å²) in [5, 5.41) is 2.39. The summed E-state index contributed by atoms with van der Waals surface area (Å²) in [6.45, 7) is 2.11. The topological polar surface area (TPSA) is 51.2 Å². The van der Waals surface area contributed by atoms with Crippen molar-refractivity contribution >= 4 is 27.5 Å². The van der Waals surface area contributed by atoms with Gasteiger partial charge in [0.15, 0.2) is 0 Å². The van der Waals surface area contributed by atoms with Crippen LogP contribution in [0.3, 0.4) is 0 Å². The molecule has 0 spiro atoms. The van der Waals surface area contributed by atoms with Crippen molar-refractivity contribution in [3.05, 3.63) is 52.1 Å². The van der Waals surface area contributed by atoms with Crippen LogP contribution in [0.2, 0.25) is 0 Å². The van der Waals surface area contributed by atoms with Crippen molar-refractivity contribution in [3.63, 3.8) is 0 Å². The fourth-order valence-corrected chi connectivity index (χ4v) is 2.08. The van der Waals surface area contributed by atoms with Crippen LogP contribution in [0, 0.1) is 11.6 Å². The van der Waals surface area contributed by atoms with Crippen LogP contribution in [0.1, 0.15) is 17.3 Å². The van der Waals surface area contributed by atoms with E-state index in [4.69, 9.17) is 4.74 Å². The molecule has 0 aliphatic heterocycles. The lowest BCUT2D eigenvalue weighted by Crippen LogP contribution is -2.17. The van der Waals surface area contributed by atoms with E-state index in [9.17, 15) is 13.6 Å². The Labute approximate surface area is 128 Å². The van der Waals surface area contributed by atoms with E-state index >= 15 is 0 Å². The average Bonchev–Trinajstić information content (AvgIpc) is 2.40. The van der Waals surface area contributed by atoms with Gasteiger partial charge in [-0.15, -0.1) is 0 Å². The number of carbonyl (C=O) groups is 1. The summed E-state index contributed by atoms with van der Waals surface area (Å²) in [4.78, 5) is 16.0. The van der Waals surface area contributed by atoms with E-state index in [1.165, 1.54) is 12.3 Å². The molecule has 4 nitrogen and oxygen atoms in total. The SMILES string of the molecule is CCOc1ncccc1NC(=O)c1c(F)cc(Br)cc1F. The molecule has 1 aromatic carbocycles. The zero-order valence-electron chi connectivity index (χ0n) is 11.0. The third-order valence-corrected chi connectivity index (χ3v) is 2.99. The first-order chi connectivity index (χ1) is 10.0. The van der Waals surface area contributed by atoms with Gasteiger partial charge in [-0.2, -0.15) is 0 Å². The number of hydrogen-bond acceptors (Lipinski definition) is 3. The second kappa shape index (κ2) is 6.62. The van der Waals surface area contributed by atoms with Crippen molar-refractivity contribution < 1.29 is 18.3 Å². The molecule has 21 heavy (non-hydrogen) atoms. The van der Waals surface area contributed by atoms with E-state index in [1.54, 1.807) is 13.0 Å². The third-order valence-electron chi connectivity index (χ3n) is 2.53. The van der Waals surface area contributed by atoms with E-state index in [-0.39, 0.29) is 16.0 Å². The molecule has 0 fully saturated rings. The zero-order valence-corrected chi connectivity index (χ0v) is 12.6. The molecule has 0 bridgehead atoms. The molecule has 0 aliphatic carbocycles. The van der Waals surface area contributed by atoms with Crippen molar-refractivity contribution in [1.29, 1.82) is 0 Å². The van der Waals surface area contributed by atoms with Crippen LogP contribution >= 0.6 is 15.9 Å². The number of aromatic nitrogens is 1. The summed E-state index contributed by atoms with van der Waals surface area (Å²) in [6, 6.07) is 5.15. The Balaban J connectivity index is 2.31. The fraction of sp³-hybridized carbons (Fsp3) is 0.143. The molecule has 1 aromatic heterocycles. The van der Waals surface area contributed by atoms with Gasteiger partial charge in [-0.3, -0.25) is 4.79 Å². The molecular formula is C14H11BrF2N2O2. The minimum absolute atomic E-state index is 0.186. The largest absolute Gasteiger partial charge is 0.476 e. The summed E-state index contributed by atoms with van der Waals surface area (Å²) < 4.78 is 32.9. The van der Waals surface area contributed by atoms with Crippen LogP contribution in [0.5, 0.6) is 5.88 Å². The highest BCUT2D eigenvalue weighted by Crippen LogP contribution is 2.24. The number of anilines is 1. The number of nitrogens with zero attached hydrogens (tertiary/aromatic N) is 1. The lowest BCUT2D eigenvalue weighted by molar-refractivity contribution is 0.101. The quantitative estimate of drug-likeness (QED) is 0.906. The molecule has 1 heterocycles. The van der Waals surface area contributed by atoms with E-state index in [0.717, 1.165) is 12.1 Å². The van der Waals surface area contributed by atoms with Crippen LogP contribution in [-0.4, -0.2) is 17.5 Å². The standard InChI is InChI=1S/C14H11BrF2N2O2/c1-2-21-14-11(4-3-5-18-14)19-13(20)12-9(16)6-8(15)7-10(12)17/h3-7H,2H2,1H3,(H,19,20). The zero-order chi connectivity index (χ0) is 15.4. The molecule has 0 saturated carbocycles. The van der Waals surface area contributed by atoms with Crippen LogP contribution in [0.15, 0.2) is 34.9 Å². The normalized spacial score (nSPS) is 10.3. The van der Waals surface area contributed by atoms with Gasteiger partial charge in [-0.1, -0.05) is 15.9 Å². The maximum Gasteiger partial charge on any atom is 0.261 e. The fourth-order valence-electron chi connectivity index (χ4n) is 1.68. The first kappa shape index (κ1) is 15.4. The highest BCUT2D eigenvalue weighted by molar-refractivity contribution is 9.10. The molecule has 0 aliphatic rings. The minimum atomic E-state index is -0.957. The smallest absolute Gasteiger partial charge is 0.261 e. The number of ether oxygens (including phenoxy) is 1. The van der Waals surface area contributed by atoms with Gasteiger partial charge in [-0.05, 0) is 31.2 Å². The number of benzene rings is 1. The number of amides is 1. The first-order valence-corrected chi connectivity index (χ1v) is 6.86. The highest BCUT2D eigenvalue weighted by atomic mass is 79.9. The second-order valence-electron chi connectivity index (χ2n) is 3.99. The predicted molar refractivity (Wildman–Crippen MR) is 77.4 cm³/mol. The Bertz CT molecular complexity index is 657. The van der Waals surface area contributed by atoms with E-state index < -0.39 is 23.1 Å². The van der Waals surface area contributed by atoms with Crippen LogP contribution in [-0.2, 0) is 0 Å². The number of pyridine rings is 1. The maximum absolute atomic E-state index is 13.7. The first-order valence-electron chi connectivity index (χ1n) is 6.06. The van der Waals surface area contributed by atoms with E-state index in [2.05, 4.69) is 26.2 Å². The monoisotopic (exact) mass is 356 g/mol. The van der Waals surface area contributed by atoms with Gasteiger partial charge in [0.05, 0.1) is 6.61 Å². The summed E-state index contributed by atoms with van der Waals surface area (Å²) in [5.41, 5.74) is -0.421. The summed E-state index contributed by atoms with van der Waals surface area (Å²) in [7, 11) is 0. The Morgan fingerprint density at radius 3 is 2.67 bits per heavy atom. The molecule has 1 N–H and O–H groups in total. The van der Waals surface area contributed by atoms with Crippen molar-refractivity contribution in [2.45, 2.75) is 6.92 Å². The summed E-state index contributed by atoms with van der Waals surface area (Å²) in [5.74, 6) is -2.64. The Kier molecular flexibility index (Phi) is 4.85. The van der Waals surface area contributed by atoms with Gasteiger partial charge in [-0.25, -0.2) is 13.8 Å². The molecule has 0 atom stereocenters. The Hall–Kier alpha value is -2.02. The third kappa shape index (κ3) is 3.55. The Morgan fingerprint density at radius 1 is 1.38 bits per heavy atom. The van der Waals surface area contributed by atoms with E-state index in [1.807, 2.05) is 0 Å². The average molecular weight is 357 g/mol. The van der Waals surface area contributed by atoms with Gasteiger partial charge < -0.3 is 10.1 Å². The summed E-state index contributed by atoms with van der Waals surface area (Å²) in [6.07, 6.45) is 1.49.